The van der Waals surface area contributed by atoms with E-state index >= 15 is 0 Å². The van der Waals surface area contributed by atoms with E-state index in [1.165, 1.54) is 18.3 Å². The molecule has 0 fully saturated rings. The van der Waals surface area contributed by atoms with Crippen LogP contribution in [0, 0.1) is 5.21 Å². The first-order valence-corrected chi connectivity index (χ1v) is 7.26. The summed E-state index contributed by atoms with van der Waals surface area (Å²) in [7, 11) is 0. The molecule has 10 heteroatoms. The molecule has 1 amide bonds. The predicted octanol–water partition coefficient (Wildman–Crippen LogP) is 0.606. The van der Waals surface area contributed by atoms with Gasteiger partial charge in [-0.25, -0.2) is 10.2 Å². The zero-order valence-corrected chi connectivity index (χ0v) is 12.7. The molecule has 0 spiro atoms. The SMILES string of the molecule is CCCC(=O)ON1C(=O)C(O)(N2NC=CN=[N+]2[O-])c2ccccc21. The van der Waals surface area contributed by atoms with Crippen molar-refractivity contribution in [1.29, 1.82) is 0 Å². The topological polar surface area (TPSA) is 121 Å². The summed E-state index contributed by atoms with van der Waals surface area (Å²) in [6, 6.07) is 6.15. The van der Waals surface area contributed by atoms with Gasteiger partial charge < -0.3 is 15.2 Å². The average molecular weight is 333 g/mol. The van der Waals surface area contributed by atoms with E-state index in [1.807, 2.05) is 0 Å². The highest BCUT2D eigenvalue weighted by molar-refractivity contribution is 6.05. The van der Waals surface area contributed by atoms with Crippen molar-refractivity contribution in [2.24, 2.45) is 5.11 Å². The van der Waals surface area contributed by atoms with Crippen LogP contribution in [-0.2, 0) is 20.2 Å². The van der Waals surface area contributed by atoms with Gasteiger partial charge in [-0.15, -0.1) is 5.06 Å². The summed E-state index contributed by atoms with van der Waals surface area (Å²) in [5.41, 5.74) is 0.286. The molecule has 1 aromatic carbocycles. The number of para-hydroxylation sites is 1. The first-order chi connectivity index (χ1) is 11.5. The number of hydrogen-bond acceptors (Lipinski definition) is 8. The largest absolute Gasteiger partial charge is 0.570 e. The first kappa shape index (κ1) is 15.7. The predicted molar refractivity (Wildman–Crippen MR) is 79.0 cm³/mol. The lowest BCUT2D eigenvalue weighted by atomic mass is 10.1. The number of rotatable bonds is 4. The molecule has 1 aromatic rings. The molecule has 0 aromatic heterocycles. The number of hydroxylamine groups is 1. The fraction of sp³-hybridized carbons (Fsp3) is 0.286. The number of carbonyl (C=O) groups excluding carboxylic acids is 2. The summed E-state index contributed by atoms with van der Waals surface area (Å²) in [5, 5.41) is 27.6. The minimum Gasteiger partial charge on any atom is -0.570 e. The number of aliphatic hydroxyl groups is 1. The second kappa shape index (κ2) is 5.81. The van der Waals surface area contributed by atoms with E-state index in [4.69, 9.17) is 4.84 Å². The number of carbonyl (C=O) groups is 2. The van der Waals surface area contributed by atoms with Gasteiger partial charge in [-0.05, 0) is 17.6 Å². The smallest absolute Gasteiger partial charge is 0.333 e. The van der Waals surface area contributed by atoms with E-state index in [0.29, 0.717) is 16.6 Å². The first-order valence-electron chi connectivity index (χ1n) is 7.26. The van der Waals surface area contributed by atoms with Crippen molar-refractivity contribution < 1.29 is 24.5 Å². The summed E-state index contributed by atoms with van der Waals surface area (Å²) in [6.45, 7) is 1.79. The van der Waals surface area contributed by atoms with E-state index in [0.717, 1.165) is 6.20 Å². The number of benzene rings is 1. The van der Waals surface area contributed by atoms with Crippen LogP contribution in [0.15, 0.2) is 41.8 Å². The molecular weight excluding hydrogens is 318 g/mol. The molecular formula is C14H15N5O5. The number of nitrogens with one attached hydrogen (secondary N) is 1. The highest BCUT2D eigenvalue weighted by atomic mass is 16.7. The molecule has 1 unspecified atom stereocenters. The third-order valence-corrected chi connectivity index (χ3v) is 3.54. The van der Waals surface area contributed by atoms with Gasteiger partial charge in [0.05, 0.1) is 10.7 Å². The Morgan fingerprint density at radius 2 is 2.25 bits per heavy atom. The standard InChI is InChI=1S/C14H15N5O5/c1-2-5-12(20)24-17-11-7-4-3-6-10(11)14(22,13(17)21)18-15-8-9-16-19(18)23/h3-4,6-9,15,22H,2,5H2,1H3. The molecule has 2 aliphatic heterocycles. The Hall–Kier alpha value is -3.14. The van der Waals surface area contributed by atoms with Gasteiger partial charge in [-0.3, -0.25) is 4.79 Å². The van der Waals surface area contributed by atoms with Crippen LogP contribution in [0.1, 0.15) is 25.3 Å². The van der Waals surface area contributed by atoms with E-state index < -0.39 is 17.6 Å². The van der Waals surface area contributed by atoms with E-state index in [1.54, 1.807) is 19.1 Å². The molecule has 0 saturated carbocycles. The quantitative estimate of drug-likeness (QED) is 0.611. The summed E-state index contributed by atoms with van der Waals surface area (Å²) < 4.78 is 0. The molecule has 0 bridgehead atoms. The van der Waals surface area contributed by atoms with Crippen LogP contribution in [-0.4, -0.2) is 27.1 Å². The van der Waals surface area contributed by atoms with Gasteiger partial charge in [-0.2, -0.15) is 0 Å². The van der Waals surface area contributed by atoms with Crippen molar-refractivity contribution in [3.05, 3.63) is 47.4 Å². The van der Waals surface area contributed by atoms with Gasteiger partial charge in [0.15, 0.2) is 0 Å². The van der Waals surface area contributed by atoms with Crippen molar-refractivity contribution in [2.75, 3.05) is 5.06 Å². The van der Waals surface area contributed by atoms with Crippen LogP contribution >= 0.6 is 0 Å². The summed E-state index contributed by atoms with van der Waals surface area (Å²) in [4.78, 5) is 29.6. The maximum absolute atomic E-state index is 12.8. The minimum absolute atomic E-state index is 0.0338. The maximum atomic E-state index is 12.8. The van der Waals surface area contributed by atoms with Crippen molar-refractivity contribution in [2.45, 2.75) is 25.5 Å². The number of hydrogen-bond donors (Lipinski definition) is 2. The maximum Gasteiger partial charge on any atom is 0.333 e. The molecule has 0 radical (unpaired) electrons. The molecule has 2 N–H and O–H groups in total. The second-order valence-electron chi connectivity index (χ2n) is 5.13. The van der Waals surface area contributed by atoms with Gasteiger partial charge in [0.2, 0.25) is 0 Å². The Bertz CT molecular complexity index is 749. The highest BCUT2D eigenvalue weighted by Gasteiger charge is 2.61. The average Bonchev–Trinajstić information content (AvgIpc) is 2.79. The number of amides is 1. The Balaban J connectivity index is 2.03. The molecule has 24 heavy (non-hydrogen) atoms. The summed E-state index contributed by atoms with van der Waals surface area (Å²) in [6.07, 6.45) is 3.09. The zero-order chi connectivity index (χ0) is 17.3. The Kier molecular flexibility index (Phi) is 3.81. The van der Waals surface area contributed by atoms with Crippen LogP contribution < -0.4 is 10.5 Å². The van der Waals surface area contributed by atoms with E-state index in [2.05, 4.69) is 10.5 Å². The third-order valence-electron chi connectivity index (χ3n) is 3.54. The van der Waals surface area contributed by atoms with Gasteiger partial charge in [0.1, 0.15) is 6.20 Å². The molecule has 126 valence electrons. The number of fused-ring (bicyclic) bond motifs is 1. The van der Waals surface area contributed by atoms with Crippen LogP contribution in [0.4, 0.5) is 5.69 Å². The van der Waals surface area contributed by atoms with Crippen LogP contribution in [0.2, 0.25) is 0 Å². The second-order valence-corrected chi connectivity index (χ2v) is 5.13. The molecule has 0 aliphatic carbocycles. The third kappa shape index (κ3) is 2.24. The normalized spacial score (nSPS) is 22.1. The van der Waals surface area contributed by atoms with Crippen molar-refractivity contribution in [1.82, 2.24) is 10.5 Å². The molecule has 3 rings (SSSR count). The lowest BCUT2D eigenvalue weighted by Gasteiger charge is -2.30. The van der Waals surface area contributed by atoms with E-state index in [-0.39, 0.29) is 22.6 Å². The minimum atomic E-state index is -2.42. The van der Waals surface area contributed by atoms with Crippen molar-refractivity contribution in [3.8, 4) is 0 Å². The summed E-state index contributed by atoms with van der Waals surface area (Å²) >= 11 is 0. The number of anilines is 1. The van der Waals surface area contributed by atoms with E-state index in [9.17, 15) is 19.9 Å². The van der Waals surface area contributed by atoms with Crippen molar-refractivity contribution >= 4 is 17.6 Å². The van der Waals surface area contributed by atoms with Gasteiger partial charge in [0, 0.05) is 23.3 Å². The van der Waals surface area contributed by atoms with Crippen LogP contribution in [0.3, 0.4) is 0 Å². The summed E-state index contributed by atoms with van der Waals surface area (Å²) in [5.74, 6) is -1.63. The lowest BCUT2D eigenvalue weighted by Crippen LogP contribution is -2.60. The van der Waals surface area contributed by atoms with Gasteiger partial charge in [-0.1, -0.05) is 25.1 Å². The van der Waals surface area contributed by atoms with Gasteiger partial charge in [0.25, 0.3) is 0 Å². The zero-order valence-electron chi connectivity index (χ0n) is 12.7. The Labute approximate surface area is 136 Å². The number of nitrogens with zero attached hydrogens (tertiary/aromatic N) is 4. The molecule has 2 aliphatic rings. The fourth-order valence-corrected chi connectivity index (χ4v) is 2.47. The lowest BCUT2D eigenvalue weighted by molar-refractivity contribution is -0.732. The Morgan fingerprint density at radius 1 is 1.50 bits per heavy atom. The van der Waals surface area contributed by atoms with Crippen LogP contribution in [0.25, 0.3) is 0 Å². The molecule has 1 atom stereocenters. The van der Waals surface area contributed by atoms with Gasteiger partial charge >= 0.3 is 17.6 Å². The van der Waals surface area contributed by atoms with Crippen molar-refractivity contribution in [3.63, 3.8) is 0 Å². The van der Waals surface area contributed by atoms with Crippen LogP contribution in [0.5, 0.6) is 0 Å². The Morgan fingerprint density at radius 3 is 2.96 bits per heavy atom. The molecule has 10 nitrogen and oxygen atoms in total. The monoisotopic (exact) mass is 333 g/mol. The number of hydrazine groups is 2. The molecule has 0 saturated heterocycles. The fourth-order valence-electron chi connectivity index (χ4n) is 2.47. The highest BCUT2D eigenvalue weighted by Crippen LogP contribution is 2.42. The molecule has 2 heterocycles.